The van der Waals surface area contributed by atoms with Crippen LogP contribution in [0.1, 0.15) is 50.2 Å². The summed E-state index contributed by atoms with van der Waals surface area (Å²) in [6, 6.07) is 7.24. The van der Waals surface area contributed by atoms with E-state index in [1.807, 2.05) is 0 Å². The van der Waals surface area contributed by atoms with Crippen LogP contribution in [0.5, 0.6) is 5.75 Å². The van der Waals surface area contributed by atoms with Gasteiger partial charge >= 0.3 is 0 Å². The lowest BCUT2D eigenvalue weighted by Gasteiger charge is -2.24. The maximum Gasteiger partial charge on any atom is 0.122 e. The molecule has 18 heavy (non-hydrogen) atoms. The van der Waals surface area contributed by atoms with E-state index < -0.39 is 0 Å². The van der Waals surface area contributed by atoms with Gasteiger partial charge in [0.05, 0.1) is 7.11 Å². The molecule has 2 rings (SSSR count). The first kappa shape index (κ1) is 13.4. The van der Waals surface area contributed by atoms with Crippen LogP contribution in [-0.4, -0.2) is 19.7 Å². The van der Waals surface area contributed by atoms with E-state index in [-0.39, 0.29) is 0 Å². The highest BCUT2D eigenvalue weighted by atomic mass is 16.5. The van der Waals surface area contributed by atoms with Crippen molar-refractivity contribution in [2.24, 2.45) is 0 Å². The predicted molar refractivity (Wildman–Crippen MR) is 76.4 cm³/mol. The van der Waals surface area contributed by atoms with Crippen LogP contribution in [-0.2, 0) is 6.42 Å². The van der Waals surface area contributed by atoms with Gasteiger partial charge in [0.25, 0.3) is 0 Å². The van der Waals surface area contributed by atoms with Gasteiger partial charge in [0.15, 0.2) is 0 Å². The summed E-state index contributed by atoms with van der Waals surface area (Å²) in [5.41, 5.74) is 2.75. The van der Waals surface area contributed by atoms with Gasteiger partial charge in [0.1, 0.15) is 5.75 Å². The Kier molecular flexibility index (Phi) is 4.65. The minimum absolute atomic E-state index is 0.578. The van der Waals surface area contributed by atoms with E-state index in [0.29, 0.717) is 12.0 Å². The van der Waals surface area contributed by atoms with Gasteiger partial charge in [-0.2, -0.15) is 0 Å². The highest BCUT2D eigenvalue weighted by molar-refractivity contribution is 5.39. The van der Waals surface area contributed by atoms with E-state index in [0.717, 1.165) is 18.7 Å². The van der Waals surface area contributed by atoms with Crippen molar-refractivity contribution in [1.29, 1.82) is 0 Å². The normalized spacial score (nSPS) is 20.1. The summed E-state index contributed by atoms with van der Waals surface area (Å²) < 4.78 is 5.49. The topological polar surface area (TPSA) is 21.3 Å². The number of nitrogens with one attached hydrogen (secondary N) is 1. The summed E-state index contributed by atoms with van der Waals surface area (Å²) >= 11 is 0. The van der Waals surface area contributed by atoms with E-state index in [4.69, 9.17) is 4.74 Å². The van der Waals surface area contributed by atoms with Crippen molar-refractivity contribution < 1.29 is 4.74 Å². The van der Waals surface area contributed by atoms with Crippen molar-refractivity contribution in [3.05, 3.63) is 29.3 Å². The van der Waals surface area contributed by atoms with Crippen molar-refractivity contribution in [2.75, 3.05) is 13.7 Å². The van der Waals surface area contributed by atoms with E-state index in [1.165, 1.54) is 30.4 Å². The molecule has 1 saturated heterocycles. The number of methoxy groups -OCH3 is 1. The van der Waals surface area contributed by atoms with Crippen LogP contribution in [0.4, 0.5) is 0 Å². The van der Waals surface area contributed by atoms with E-state index in [9.17, 15) is 0 Å². The Balaban J connectivity index is 2.15. The van der Waals surface area contributed by atoms with E-state index in [2.05, 4.69) is 37.4 Å². The van der Waals surface area contributed by atoms with Gasteiger partial charge in [-0.05, 0) is 48.9 Å². The number of ether oxygens (including phenoxy) is 1. The number of benzene rings is 1. The van der Waals surface area contributed by atoms with Crippen molar-refractivity contribution in [1.82, 2.24) is 5.32 Å². The summed E-state index contributed by atoms with van der Waals surface area (Å²) in [5.74, 6) is 1.61. The number of hydrogen-bond acceptors (Lipinski definition) is 2. The van der Waals surface area contributed by atoms with Gasteiger partial charge < -0.3 is 10.1 Å². The summed E-state index contributed by atoms with van der Waals surface area (Å²) in [6.07, 6.45) is 5.04. The lowest BCUT2D eigenvalue weighted by molar-refractivity contribution is 0.381. The zero-order valence-electron chi connectivity index (χ0n) is 11.8. The van der Waals surface area contributed by atoms with Crippen molar-refractivity contribution in [2.45, 2.75) is 51.5 Å². The first-order valence-corrected chi connectivity index (χ1v) is 7.11. The third-order valence-corrected chi connectivity index (χ3v) is 3.85. The maximum atomic E-state index is 5.49. The molecule has 0 saturated carbocycles. The largest absolute Gasteiger partial charge is 0.496 e. The molecule has 1 heterocycles. The van der Waals surface area contributed by atoms with Crippen LogP contribution in [0.2, 0.25) is 0 Å². The molecule has 2 nitrogen and oxygen atoms in total. The second kappa shape index (κ2) is 6.24. The van der Waals surface area contributed by atoms with Crippen LogP contribution >= 0.6 is 0 Å². The average Bonchev–Trinajstić information content (AvgIpc) is 2.39. The second-order valence-electron chi connectivity index (χ2n) is 5.58. The Morgan fingerprint density at radius 2 is 2.17 bits per heavy atom. The predicted octanol–water partition coefficient (Wildman–Crippen LogP) is 3.50. The Hall–Kier alpha value is -1.02. The Morgan fingerprint density at radius 1 is 1.33 bits per heavy atom. The summed E-state index contributed by atoms with van der Waals surface area (Å²) in [6.45, 7) is 5.64. The molecule has 1 fully saturated rings. The quantitative estimate of drug-likeness (QED) is 0.879. The number of hydrogen-bond donors (Lipinski definition) is 1. The maximum absolute atomic E-state index is 5.49. The zero-order chi connectivity index (χ0) is 13.0. The first-order chi connectivity index (χ1) is 8.70. The Bertz CT molecular complexity index is 381. The van der Waals surface area contributed by atoms with Gasteiger partial charge in [-0.3, -0.25) is 0 Å². The molecule has 1 unspecified atom stereocenters. The van der Waals surface area contributed by atoms with Gasteiger partial charge in [-0.25, -0.2) is 0 Å². The zero-order valence-corrected chi connectivity index (χ0v) is 11.8. The first-order valence-electron chi connectivity index (χ1n) is 7.11. The van der Waals surface area contributed by atoms with Gasteiger partial charge in [0.2, 0.25) is 0 Å². The number of rotatable bonds is 4. The molecular weight excluding hydrogens is 222 g/mol. The van der Waals surface area contributed by atoms with Gasteiger partial charge in [-0.15, -0.1) is 0 Å². The summed E-state index contributed by atoms with van der Waals surface area (Å²) in [4.78, 5) is 0. The summed E-state index contributed by atoms with van der Waals surface area (Å²) in [5, 5.41) is 3.61. The SMILES string of the molecule is COc1ccc(C(C)C)cc1CC1CCCCN1. The molecule has 0 aliphatic carbocycles. The molecule has 1 aromatic carbocycles. The Labute approximate surface area is 111 Å². The average molecular weight is 247 g/mol. The minimum Gasteiger partial charge on any atom is -0.496 e. The standard InChI is InChI=1S/C16H25NO/c1-12(2)13-7-8-16(18-3)14(10-13)11-15-6-4-5-9-17-15/h7-8,10,12,15,17H,4-6,9,11H2,1-3H3. The molecule has 1 N–H and O–H groups in total. The molecular formula is C16H25NO. The fraction of sp³-hybridized carbons (Fsp3) is 0.625. The third kappa shape index (κ3) is 3.26. The van der Waals surface area contributed by atoms with Crippen LogP contribution in [0.3, 0.4) is 0 Å². The molecule has 0 bridgehead atoms. The summed E-state index contributed by atoms with van der Waals surface area (Å²) in [7, 11) is 1.77. The Morgan fingerprint density at radius 3 is 2.78 bits per heavy atom. The monoisotopic (exact) mass is 247 g/mol. The van der Waals surface area contributed by atoms with Crippen LogP contribution < -0.4 is 10.1 Å². The molecule has 1 aliphatic rings. The van der Waals surface area contributed by atoms with Gasteiger partial charge in [0, 0.05) is 6.04 Å². The molecule has 1 aliphatic heterocycles. The molecule has 0 amide bonds. The molecule has 2 heteroatoms. The third-order valence-electron chi connectivity index (χ3n) is 3.85. The highest BCUT2D eigenvalue weighted by Gasteiger charge is 2.16. The molecule has 100 valence electrons. The molecule has 1 aromatic rings. The fourth-order valence-corrected chi connectivity index (χ4v) is 2.68. The molecule has 0 aromatic heterocycles. The van der Waals surface area contributed by atoms with Crippen molar-refractivity contribution in [3.8, 4) is 5.75 Å². The molecule has 0 spiro atoms. The van der Waals surface area contributed by atoms with E-state index >= 15 is 0 Å². The lowest BCUT2D eigenvalue weighted by Crippen LogP contribution is -2.35. The lowest BCUT2D eigenvalue weighted by atomic mass is 9.94. The smallest absolute Gasteiger partial charge is 0.122 e. The van der Waals surface area contributed by atoms with Crippen molar-refractivity contribution >= 4 is 0 Å². The van der Waals surface area contributed by atoms with Crippen LogP contribution in [0.15, 0.2) is 18.2 Å². The second-order valence-corrected chi connectivity index (χ2v) is 5.58. The minimum atomic E-state index is 0.578. The van der Waals surface area contributed by atoms with E-state index in [1.54, 1.807) is 7.11 Å². The molecule has 1 atom stereocenters. The highest BCUT2D eigenvalue weighted by Crippen LogP contribution is 2.26. The fourth-order valence-electron chi connectivity index (χ4n) is 2.68. The molecule has 0 radical (unpaired) electrons. The van der Waals surface area contributed by atoms with Crippen molar-refractivity contribution in [3.63, 3.8) is 0 Å². The van der Waals surface area contributed by atoms with Crippen LogP contribution in [0, 0.1) is 0 Å². The van der Waals surface area contributed by atoms with Gasteiger partial charge in [-0.1, -0.05) is 32.4 Å². The number of piperidine rings is 1. The van der Waals surface area contributed by atoms with Crippen LogP contribution in [0.25, 0.3) is 0 Å².